The van der Waals surface area contributed by atoms with E-state index in [2.05, 4.69) is 5.32 Å². The summed E-state index contributed by atoms with van der Waals surface area (Å²) in [5.74, 6) is 4.55. The van der Waals surface area contributed by atoms with Crippen LogP contribution in [0.5, 0.6) is 0 Å². The molecule has 3 heteroatoms. The van der Waals surface area contributed by atoms with E-state index in [1.165, 1.54) is 38.5 Å². The minimum atomic E-state index is -0.00261. The molecule has 3 nitrogen and oxygen atoms in total. The van der Waals surface area contributed by atoms with Crippen LogP contribution in [0.15, 0.2) is 16.5 Å². The summed E-state index contributed by atoms with van der Waals surface area (Å²) in [4.78, 5) is 0. The van der Waals surface area contributed by atoms with Gasteiger partial charge in [-0.05, 0) is 68.4 Å². The number of hydrogen-bond acceptors (Lipinski definition) is 3. The van der Waals surface area contributed by atoms with Gasteiger partial charge < -0.3 is 14.8 Å². The maximum absolute atomic E-state index is 9.03. The van der Waals surface area contributed by atoms with E-state index in [4.69, 9.17) is 9.52 Å². The van der Waals surface area contributed by atoms with Gasteiger partial charge in [0.1, 0.15) is 18.1 Å². The largest absolute Gasteiger partial charge is 0.462 e. The van der Waals surface area contributed by atoms with Gasteiger partial charge in [0.2, 0.25) is 0 Å². The Hall–Kier alpha value is -0.800. The second-order valence-electron chi connectivity index (χ2n) is 7.08. The summed E-state index contributed by atoms with van der Waals surface area (Å²) in [5, 5.41) is 12.8. The van der Waals surface area contributed by atoms with Gasteiger partial charge in [-0.2, -0.15) is 0 Å². The molecule has 1 aromatic rings. The van der Waals surface area contributed by atoms with E-state index in [1.54, 1.807) is 0 Å². The SMILES string of the molecule is OCc1ccc(CNC23CC4CC(CC(C4)C2)C3)o1. The Morgan fingerprint density at radius 3 is 2.16 bits per heavy atom. The molecule has 0 amide bonds. The Morgan fingerprint density at radius 1 is 1.05 bits per heavy atom. The number of nitrogens with one attached hydrogen (secondary N) is 1. The number of aliphatic hydroxyl groups excluding tert-OH is 1. The molecule has 5 rings (SSSR count). The second kappa shape index (κ2) is 4.35. The van der Waals surface area contributed by atoms with Gasteiger partial charge in [0.05, 0.1) is 6.54 Å². The summed E-state index contributed by atoms with van der Waals surface area (Å²) in [7, 11) is 0. The van der Waals surface area contributed by atoms with Crippen molar-refractivity contribution in [2.75, 3.05) is 0 Å². The van der Waals surface area contributed by atoms with Crippen molar-refractivity contribution in [1.82, 2.24) is 5.32 Å². The molecule has 0 aliphatic heterocycles. The molecule has 0 spiro atoms. The summed E-state index contributed by atoms with van der Waals surface area (Å²) < 4.78 is 5.58. The van der Waals surface area contributed by atoms with E-state index < -0.39 is 0 Å². The molecule has 4 bridgehead atoms. The molecule has 4 saturated carbocycles. The fraction of sp³-hybridized carbons (Fsp3) is 0.750. The van der Waals surface area contributed by atoms with Crippen LogP contribution >= 0.6 is 0 Å². The van der Waals surface area contributed by atoms with E-state index in [1.807, 2.05) is 12.1 Å². The molecule has 19 heavy (non-hydrogen) atoms. The fourth-order valence-corrected chi connectivity index (χ4v) is 5.20. The van der Waals surface area contributed by atoms with Crippen molar-refractivity contribution in [1.29, 1.82) is 0 Å². The van der Waals surface area contributed by atoms with Crippen molar-refractivity contribution >= 4 is 0 Å². The minimum Gasteiger partial charge on any atom is -0.462 e. The van der Waals surface area contributed by atoms with Gasteiger partial charge in [0, 0.05) is 5.54 Å². The number of aliphatic hydroxyl groups is 1. The number of hydrogen-bond donors (Lipinski definition) is 2. The Bertz CT molecular complexity index is 430. The number of furan rings is 1. The first-order valence-corrected chi connectivity index (χ1v) is 7.68. The third-order valence-electron chi connectivity index (χ3n) is 5.55. The van der Waals surface area contributed by atoms with Crippen LogP contribution in [0.3, 0.4) is 0 Å². The minimum absolute atomic E-state index is 0.00261. The highest BCUT2D eigenvalue weighted by Crippen LogP contribution is 2.55. The molecule has 4 aliphatic carbocycles. The standard InChI is InChI=1S/C16H23NO2/c18-10-15-2-1-14(19-15)9-17-16-6-11-3-12(7-16)5-13(4-11)8-16/h1-2,11-13,17-18H,3-10H2. The van der Waals surface area contributed by atoms with Gasteiger partial charge in [0.25, 0.3) is 0 Å². The van der Waals surface area contributed by atoms with Gasteiger partial charge in [-0.1, -0.05) is 0 Å². The van der Waals surface area contributed by atoms with E-state index in [0.29, 0.717) is 11.3 Å². The Labute approximate surface area is 114 Å². The lowest BCUT2D eigenvalue weighted by Gasteiger charge is -2.57. The van der Waals surface area contributed by atoms with Crippen LogP contribution in [0, 0.1) is 17.8 Å². The lowest BCUT2D eigenvalue weighted by atomic mass is 9.53. The topological polar surface area (TPSA) is 45.4 Å². The summed E-state index contributed by atoms with van der Waals surface area (Å²) in [6, 6.07) is 3.86. The fourth-order valence-electron chi connectivity index (χ4n) is 5.20. The van der Waals surface area contributed by atoms with Crippen LogP contribution in [-0.2, 0) is 13.2 Å². The quantitative estimate of drug-likeness (QED) is 0.876. The van der Waals surface area contributed by atoms with Gasteiger partial charge in [-0.25, -0.2) is 0 Å². The zero-order valence-corrected chi connectivity index (χ0v) is 11.4. The van der Waals surface area contributed by atoms with E-state index in [-0.39, 0.29) is 6.61 Å². The van der Waals surface area contributed by atoms with Crippen LogP contribution in [0.1, 0.15) is 50.0 Å². The van der Waals surface area contributed by atoms with Crippen molar-refractivity contribution in [2.45, 2.75) is 57.2 Å². The zero-order chi connectivity index (χ0) is 12.9. The third-order valence-corrected chi connectivity index (χ3v) is 5.55. The summed E-state index contributed by atoms with van der Waals surface area (Å²) in [6.07, 6.45) is 8.55. The predicted molar refractivity (Wildman–Crippen MR) is 72.4 cm³/mol. The molecule has 0 radical (unpaired) electrons. The molecular weight excluding hydrogens is 238 g/mol. The van der Waals surface area contributed by atoms with Crippen LogP contribution in [0.25, 0.3) is 0 Å². The van der Waals surface area contributed by atoms with Crippen molar-refractivity contribution in [3.8, 4) is 0 Å². The normalized spacial score (nSPS) is 39.9. The molecule has 0 saturated heterocycles. The van der Waals surface area contributed by atoms with Crippen molar-refractivity contribution in [3.05, 3.63) is 23.7 Å². The van der Waals surface area contributed by atoms with Gasteiger partial charge in [-0.15, -0.1) is 0 Å². The van der Waals surface area contributed by atoms with Crippen LogP contribution < -0.4 is 5.32 Å². The average Bonchev–Trinajstić information content (AvgIpc) is 2.83. The lowest BCUT2D eigenvalue weighted by Crippen LogP contribution is -2.58. The van der Waals surface area contributed by atoms with Crippen LogP contribution in [-0.4, -0.2) is 10.6 Å². The first-order valence-electron chi connectivity index (χ1n) is 7.68. The molecule has 4 fully saturated rings. The summed E-state index contributed by atoms with van der Waals surface area (Å²) >= 11 is 0. The molecule has 1 heterocycles. The molecular formula is C16H23NO2. The Kier molecular flexibility index (Phi) is 2.75. The zero-order valence-electron chi connectivity index (χ0n) is 11.4. The van der Waals surface area contributed by atoms with Crippen LogP contribution in [0.2, 0.25) is 0 Å². The third kappa shape index (κ3) is 2.13. The summed E-state index contributed by atoms with van der Waals surface area (Å²) in [6.45, 7) is 0.809. The highest BCUT2D eigenvalue weighted by Gasteiger charge is 2.50. The molecule has 4 aliphatic rings. The molecule has 2 N–H and O–H groups in total. The van der Waals surface area contributed by atoms with Crippen molar-refractivity contribution < 1.29 is 9.52 Å². The maximum Gasteiger partial charge on any atom is 0.129 e. The molecule has 0 unspecified atom stereocenters. The monoisotopic (exact) mass is 261 g/mol. The van der Waals surface area contributed by atoms with E-state index >= 15 is 0 Å². The molecule has 0 aromatic carbocycles. The first-order chi connectivity index (χ1) is 9.25. The Balaban J connectivity index is 1.44. The van der Waals surface area contributed by atoms with Crippen LogP contribution in [0.4, 0.5) is 0 Å². The van der Waals surface area contributed by atoms with Crippen molar-refractivity contribution in [3.63, 3.8) is 0 Å². The first kappa shape index (κ1) is 12.0. The highest BCUT2D eigenvalue weighted by atomic mass is 16.4. The van der Waals surface area contributed by atoms with Gasteiger partial charge >= 0.3 is 0 Å². The Morgan fingerprint density at radius 2 is 1.63 bits per heavy atom. The molecule has 1 aromatic heterocycles. The predicted octanol–water partition coefficient (Wildman–Crippen LogP) is 2.83. The maximum atomic E-state index is 9.03. The molecule has 104 valence electrons. The van der Waals surface area contributed by atoms with E-state index in [0.717, 1.165) is 30.1 Å². The van der Waals surface area contributed by atoms with Gasteiger partial charge in [-0.3, -0.25) is 0 Å². The van der Waals surface area contributed by atoms with E-state index in [9.17, 15) is 0 Å². The smallest absolute Gasteiger partial charge is 0.129 e. The second-order valence-corrected chi connectivity index (χ2v) is 7.08. The van der Waals surface area contributed by atoms with Gasteiger partial charge in [0.15, 0.2) is 0 Å². The lowest BCUT2D eigenvalue weighted by molar-refractivity contribution is -0.0213. The summed E-state index contributed by atoms with van der Waals surface area (Å²) in [5.41, 5.74) is 0.390. The van der Waals surface area contributed by atoms with Crippen molar-refractivity contribution in [2.24, 2.45) is 17.8 Å². The average molecular weight is 261 g/mol. The molecule has 0 atom stereocenters. The highest BCUT2D eigenvalue weighted by molar-refractivity contribution is 5.10. The number of rotatable bonds is 4.